The van der Waals surface area contributed by atoms with Crippen LogP contribution >= 0.6 is 22.6 Å². The zero-order chi connectivity index (χ0) is 27.2. The number of hydrazone groups is 1. The quantitative estimate of drug-likeness (QED) is 0.293. The molecule has 2 atom stereocenters. The Balaban J connectivity index is 1.41. The van der Waals surface area contributed by atoms with E-state index in [-0.39, 0.29) is 25.3 Å². The molecule has 3 aromatic rings. The van der Waals surface area contributed by atoms with Gasteiger partial charge in [-0.1, -0.05) is 12.1 Å². The van der Waals surface area contributed by atoms with Crippen LogP contribution in [0.5, 0.6) is 0 Å². The molecule has 1 heterocycles. The third-order valence-corrected chi connectivity index (χ3v) is 6.73. The first-order chi connectivity index (χ1) is 18.2. The molecule has 2 amide bonds. The van der Waals surface area contributed by atoms with Gasteiger partial charge in [0, 0.05) is 40.0 Å². The highest BCUT2D eigenvalue weighted by molar-refractivity contribution is 14.1. The van der Waals surface area contributed by atoms with Gasteiger partial charge >= 0.3 is 0 Å². The number of hydrogen-bond donors (Lipinski definition) is 3. The minimum absolute atomic E-state index is 0.0868. The van der Waals surface area contributed by atoms with Crippen molar-refractivity contribution in [1.29, 1.82) is 0 Å². The average molecular weight is 632 g/mol. The summed E-state index contributed by atoms with van der Waals surface area (Å²) in [4.78, 5) is 24.8. The Morgan fingerprint density at radius 1 is 1.08 bits per heavy atom. The number of halogens is 3. The molecule has 0 spiro atoms. The van der Waals surface area contributed by atoms with Crippen molar-refractivity contribution in [1.82, 2.24) is 10.6 Å². The lowest BCUT2D eigenvalue weighted by Crippen LogP contribution is -2.47. The predicted octanol–water partition coefficient (Wildman–Crippen LogP) is 4.17. The fourth-order valence-corrected chi connectivity index (χ4v) is 4.78. The summed E-state index contributed by atoms with van der Waals surface area (Å²) in [5.41, 5.74) is 3.00. The molecule has 0 radical (unpaired) electrons. The molecule has 0 aliphatic carbocycles. The molecule has 1 aliphatic rings. The number of carbonyl (C=O) groups is 2. The summed E-state index contributed by atoms with van der Waals surface area (Å²) in [7, 11) is 0. The van der Waals surface area contributed by atoms with Gasteiger partial charge in [-0.25, -0.2) is 13.8 Å². The van der Waals surface area contributed by atoms with Crippen LogP contribution in [0.3, 0.4) is 0 Å². The minimum atomic E-state index is -1.05. The molecule has 3 aromatic carbocycles. The van der Waals surface area contributed by atoms with Crippen LogP contribution in [-0.4, -0.2) is 41.3 Å². The van der Waals surface area contributed by atoms with Gasteiger partial charge < -0.3 is 15.7 Å². The number of hydrogen-bond acceptors (Lipinski definition) is 5. The second-order valence-corrected chi connectivity index (χ2v) is 10.4. The summed E-state index contributed by atoms with van der Waals surface area (Å²) in [6.45, 7) is 2.11. The number of aliphatic hydroxyl groups is 1. The van der Waals surface area contributed by atoms with Crippen molar-refractivity contribution in [3.8, 4) is 0 Å². The highest BCUT2D eigenvalue weighted by Crippen LogP contribution is 2.21. The molecule has 3 N–H and O–H groups in total. The Morgan fingerprint density at radius 3 is 2.42 bits per heavy atom. The second kappa shape index (κ2) is 12.5. The molecular weight excluding hydrogens is 605 g/mol. The maximum absolute atomic E-state index is 13.8. The largest absolute Gasteiger partial charge is 0.390 e. The van der Waals surface area contributed by atoms with Crippen LogP contribution < -0.4 is 15.6 Å². The normalized spacial score (nSPS) is 14.8. The van der Waals surface area contributed by atoms with Crippen molar-refractivity contribution in [2.24, 2.45) is 5.10 Å². The second-order valence-electron chi connectivity index (χ2n) is 9.14. The van der Waals surface area contributed by atoms with Crippen molar-refractivity contribution >= 4 is 45.8 Å². The summed E-state index contributed by atoms with van der Waals surface area (Å²) in [5, 5.41) is 22.4. The fourth-order valence-electron chi connectivity index (χ4n) is 4.18. The average Bonchev–Trinajstić information content (AvgIpc) is 3.22. The van der Waals surface area contributed by atoms with Gasteiger partial charge in [0.05, 0.1) is 18.2 Å². The Hall–Kier alpha value is -3.22. The van der Waals surface area contributed by atoms with Crippen molar-refractivity contribution in [3.05, 3.63) is 98.6 Å². The number of anilines is 1. The monoisotopic (exact) mass is 632 g/mol. The number of benzene rings is 3. The van der Waals surface area contributed by atoms with E-state index in [0.29, 0.717) is 23.4 Å². The molecule has 7 nitrogen and oxygen atoms in total. The lowest BCUT2D eigenvalue weighted by Gasteiger charge is -2.25. The van der Waals surface area contributed by atoms with Crippen LogP contribution in [0.1, 0.15) is 34.8 Å². The SMILES string of the molecule is CC1=NN(c2ccc(C(=O)NC[C@@H](O)C(Cc3cc(F)cc(F)c3)NCc3cccc(I)c3)cc2)C(=O)C1. The van der Waals surface area contributed by atoms with Crippen molar-refractivity contribution in [2.75, 3.05) is 11.6 Å². The van der Waals surface area contributed by atoms with E-state index in [9.17, 15) is 23.5 Å². The third kappa shape index (κ3) is 7.42. The number of amides is 2. The third-order valence-electron chi connectivity index (χ3n) is 6.06. The lowest BCUT2D eigenvalue weighted by molar-refractivity contribution is -0.116. The van der Waals surface area contributed by atoms with E-state index in [1.165, 1.54) is 17.1 Å². The first-order valence-electron chi connectivity index (χ1n) is 12.0. The molecule has 38 heavy (non-hydrogen) atoms. The van der Waals surface area contributed by atoms with Gasteiger partial charge in [-0.05, 0) is 95.6 Å². The molecule has 1 unspecified atom stereocenters. The van der Waals surface area contributed by atoms with Crippen molar-refractivity contribution in [2.45, 2.75) is 38.5 Å². The number of aliphatic hydroxyl groups excluding tert-OH is 1. The van der Waals surface area contributed by atoms with Gasteiger partial charge in [0.15, 0.2) is 0 Å². The Labute approximate surface area is 233 Å². The van der Waals surface area contributed by atoms with Crippen LogP contribution in [-0.2, 0) is 17.8 Å². The smallest absolute Gasteiger partial charge is 0.253 e. The first kappa shape index (κ1) is 27.8. The number of carbonyl (C=O) groups excluding carboxylic acids is 2. The lowest BCUT2D eigenvalue weighted by atomic mass is 10.00. The van der Waals surface area contributed by atoms with Gasteiger partial charge in [-0.15, -0.1) is 0 Å². The highest BCUT2D eigenvalue weighted by Gasteiger charge is 2.24. The Morgan fingerprint density at radius 2 is 1.79 bits per heavy atom. The van der Waals surface area contributed by atoms with E-state index < -0.39 is 29.7 Å². The standard InChI is InChI=1S/C28H27F2IN4O3/c1-17-9-27(37)35(34-17)24-7-5-20(6-8-24)28(38)33-16-26(36)25(13-19-10-21(29)14-22(30)11-19)32-15-18-3-2-4-23(31)12-18/h2-8,10-12,14,25-26,32,36H,9,13,15-16H2,1H3,(H,33,38)/t25?,26-/m1/s1. The maximum Gasteiger partial charge on any atom is 0.253 e. The summed E-state index contributed by atoms with van der Waals surface area (Å²) < 4.78 is 28.6. The van der Waals surface area contributed by atoms with E-state index >= 15 is 0 Å². The molecule has 1 aliphatic heterocycles. The summed E-state index contributed by atoms with van der Waals surface area (Å²) >= 11 is 2.21. The van der Waals surface area contributed by atoms with Crippen LogP contribution in [0.25, 0.3) is 0 Å². The number of nitrogens with one attached hydrogen (secondary N) is 2. The summed E-state index contributed by atoms with van der Waals surface area (Å²) in [5.74, 6) is -1.93. The van der Waals surface area contributed by atoms with Crippen LogP contribution in [0.15, 0.2) is 71.8 Å². The zero-order valence-electron chi connectivity index (χ0n) is 20.6. The summed E-state index contributed by atoms with van der Waals surface area (Å²) in [6.07, 6.45) is -0.637. The number of rotatable bonds is 10. The molecule has 0 fully saturated rings. The predicted molar refractivity (Wildman–Crippen MR) is 150 cm³/mol. The molecule has 0 saturated carbocycles. The van der Waals surface area contributed by atoms with Gasteiger partial charge in [0.25, 0.3) is 11.8 Å². The van der Waals surface area contributed by atoms with Crippen molar-refractivity contribution in [3.63, 3.8) is 0 Å². The molecule has 4 rings (SSSR count). The Bertz CT molecular complexity index is 1330. The van der Waals surface area contributed by atoms with Gasteiger partial charge in [0.2, 0.25) is 0 Å². The van der Waals surface area contributed by atoms with Gasteiger partial charge in [-0.3, -0.25) is 9.59 Å². The first-order valence-corrected chi connectivity index (χ1v) is 13.1. The maximum atomic E-state index is 13.8. The van der Waals surface area contributed by atoms with Gasteiger partial charge in [0.1, 0.15) is 11.6 Å². The fraction of sp³-hybridized carbons (Fsp3) is 0.250. The van der Waals surface area contributed by atoms with Crippen LogP contribution in [0, 0.1) is 15.2 Å². The van der Waals surface area contributed by atoms with E-state index in [1.807, 2.05) is 24.3 Å². The molecule has 198 valence electrons. The van der Waals surface area contributed by atoms with E-state index in [2.05, 4.69) is 38.3 Å². The van der Waals surface area contributed by atoms with Crippen LogP contribution in [0.2, 0.25) is 0 Å². The topological polar surface area (TPSA) is 94.0 Å². The zero-order valence-corrected chi connectivity index (χ0v) is 22.8. The van der Waals surface area contributed by atoms with Gasteiger partial charge in [-0.2, -0.15) is 5.10 Å². The molecular formula is C28H27F2IN4O3. The summed E-state index contributed by atoms with van der Waals surface area (Å²) in [6, 6.07) is 16.9. The van der Waals surface area contributed by atoms with E-state index in [1.54, 1.807) is 31.2 Å². The Kier molecular flexibility index (Phi) is 9.18. The van der Waals surface area contributed by atoms with Crippen LogP contribution in [0.4, 0.5) is 14.5 Å². The number of nitrogens with zero attached hydrogens (tertiary/aromatic N) is 2. The minimum Gasteiger partial charge on any atom is -0.390 e. The van der Waals surface area contributed by atoms with E-state index in [0.717, 1.165) is 20.9 Å². The van der Waals surface area contributed by atoms with E-state index in [4.69, 9.17) is 0 Å². The van der Waals surface area contributed by atoms with Crippen molar-refractivity contribution < 1.29 is 23.5 Å². The molecule has 0 saturated heterocycles. The molecule has 0 bridgehead atoms. The highest BCUT2D eigenvalue weighted by atomic mass is 127. The molecule has 10 heteroatoms. The molecule has 0 aromatic heterocycles.